The maximum absolute atomic E-state index is 12.4. The minimum Gasteiger partial charge on any atom is -0.376 e. The molecule has 0 fully saturated rings. The van der Waals surface area contributed by atoms with Gasteiger partial charge in [0.05, 0.1) is 17.6 Å². The number of rotatable bonds is 4. The molecule has 0 aliphatic carbocycles. The molecular formula is C13H13N7OS. The molecule has 0 unspecified atom stereocenters. The van der Waals surface area contributed by atoms with E-state index >= 15 is 0 Å². The second kappa shape index (κ2) is 5.90. The summed E-state index contributed by atoms with van der Waals surface area (Å²) in [7, 11) is 3.86. The highest BCUT2D eigenvalue weighted by molar-refractivity contribution is 7.12. The molecular weight excluding hydrogens is 302 g/mol. The number of hydrogen-bond donors (Lipinski definition) is 1. The number of hydrogen-bond acceptors (Lipinski definition) is 7. The number of thiophene rings is 1. The van der Waals surface area contributed by atoms with E-state index in [0.717, 1.165) is 5.69 Å². The third kappa shape index (κ3) is 2.79. The predicted molar refractivity (Wildman–Crippen MR) is 83.5 cm³/mol. The normalized spacial score (nSPS) is 10.5. The van der Waals surface area contributed by atoms with Gasteiger partial charge in [-0.05, 0) is 34.0 Å². The van der Waals surface area contributed by atoms with E-state index in [9.17, 15) is 4.79 Å². The summed E-state index contributed by atoms with van der Waals surface area (Å²) < 4.78 is 1.45. The summed E-state index contributed by atoms with van der Waals surface area (Å²) in [6.07, 6.45) is 3.15. The van der Waals surface area contributed by atoms with E-state index in [1.165, 1.54) is 22.3 Å². The molecule has 0 atom stereocenters. The molecule has 0 aliphatic heterocycles. The van der Waals surface area contributed by atoms with Crippen LogP contribution in [0.5, 0.6) is 0 Å². The van der Waals surface area contributed by atoms with Gasteiger partial charge in [0.25, 0.3) is 5.91 Å². The van der Waals surface area contributed by atoms with Crippen molar-refractivity contribution in [3.63, 3.8) is 0 Å². The van der Waals surface area contributed by atoms with Gasteiger partial charge in [-0.3, -0.25) is 4.79 Å². The number of anilines is 2. The third-order valence-electron chi connectivity index (χ3n) is 2.95. The van der Waals surface area contributed by atoms with E-state index < -0.39 is 0 Å². The molecule has 3 aromatic heterocycles. The zero-order chi connectivity index (χ0) is 15.5. The molecule has 22 heavy (non-hydrogen) atoms. The number of nitrogens with one attached hydrogen (secondary N) is 1. The number of amides is 1. The zero-order valence-corrected chi connectivity index (χ0v) is 12.8. The fourth-order valence-corrected chi connectivity index (χ4v) is 2.60. The topological polar surface area (TPSA) is 88.8 Å². The summed E-state index contributed by atoms with van der Waals surface area (Å²) in [4.78, 5) is 19.1. The van der Waals surface area contributed by atoms with E-state index in [1.807, 2.05) is 30.4 Å². The van der Waals surface area contributed by atoms with E-state index in [1.54, 1.807) is 18.3 Å². The maximum Gasteiger partial charge on any atom is 0.269 e. The molecule has 0 aromatic carbocycles. The number of carbonyl (C=O) groups is 1. The smallest absolute Gasteiger partial charge is 0.269 e. The number of nitrogens with zero attached hydrogens (tertiary/aromatic N) is 6. The van der Waals surface area contributed by atoms with Crippen LogP contribution in [0, 0.1) is 0 Å². The average Bonchev–Trinajstić information content (AvgIpc) is 3.18. The lowest BCUT2D eigenvalue weighted by Crippen LogP contribution is -2.14. The van der Waals surface area contributed by atoms with Crippen molar-refractivity contribution in [3.05, 3.63) is 41.0 Å². The van der Waals surface area contributed by atoms with Crippen LogP contribution >= 0.6 is 11.3 Å². The van der Waals surface area contributed by atoms with Crippen molar-refractivity contribution in [2.75, 3.05) is 24.3 Å². The second-order valence-electron chi connectivity index (χ2n) is 4.64. The molecule has 0 bridgehead atoms. The molecule has 9 heteroatoms. The zero-order valence-electron chi connectivity index (χ0n) is 12.0. The highest BCUT2D eigenvalue weighted by Gasteiger charge is 2.16. The fraction of sp³-hybridized carbons (Fsp3) is 0.154. The van der Waals surface area contributed by atoms with Gasteiger partial charge in [-0.25, -0.2) is 4.98 Å². The lowest BCUT2D eigenvalue weighted by atomic mass is 10.3. The maximum atomic E-state index is 12.4. The van der Waals surface area contributed by atoms with Crippen LogP contribution in [0.1, 0.15) is 9.67 Å². The number of aromatic nitrogens is 5. The van der Waals surface area contributed by atoms with Gasteiger partial charge in [-0.15, -0.1) is 16.4 Å². The minimum absolute atomic E-state index is 0.245. The van der Waals surface area contributed by atoms with Gasteiger partial charge in [0, 0.05) is 14.1 Å². The Balaban J connectivity index is 1.79. The van der Waals surface area contributed by atoms with Crippen molar-refractivity contribution in [2.45, 2.75) is 0 Å². The van der Waals surface area contributed by atoms with Gasteiger partial charge in [0.15, 0.2) is 0 Å². The van der Waals surface area contributed by atoms with Crippen LogP contribution in [0.4, 0.5) is 11.5 Å². The number of carbonyl (C=O) groups excluding carboxylic acids is 1. The van der Waals surface area contributed by atoms with Crippen molar-refractivity contribution in [1.29, 1.82) is 0 Å². The Labute approximate surface area is 130 Å². The largest absolute Gasteiger partial charge is 0.376 e. The van der Waals surface area contributed by atoms with Crippen LogP contribution in [0.3, 0.4) is 0 Å². The number of tetrazole rings is 1. The average molecular weight is 315 g/mol. The monoisotopic (exact) mass is 315 g/mol. The highest BCUT2D eigenvalue weighted by Crippen LogP contribution is 2.21. The Kier molecular flexibility index (Phi) is 3.79. The molecule has 112 valence electrons. The molecule has 1 N–H and O–H groups in total. The predicted octanol–water partition coefficient (Wildman–Crippen LogP) is 1.44. The first-order chi connectivity index (χ1) is 10.6. The standard InChI is InChI=1S/C13H13N7OS/c1-19(2)9-3-4-11(14-7-9)16-13(21)12-10(5-6-22-12)20-8-15-17-18-20/h3-8H,1-2H3,(H,14,16,21). The Morgan fingerprint density at radius 2 is 2.18 bits per heavy atom. The van der Waals surface area contributed by atoms with Crippen LogP contribution in [0.15, 0.2) is 36.1 Å². The summed E-state index contributed by atoms with van der Waals surface area (Å²) in [5, 5.41) is 15.5. The van der Waals surface area contributed by atoms with Gasteiger partial charge in [0.2, 0.25) is 0 Å². The van der Waals surface area contributed by atoms with E-state index in [4.69, 9.17) is 0 Å². The molecule has 0 saturated heterocycles. The first-order valence-corrected chi connectivity index (χ1v) is 7.28. The van der Waals surface area contributed by atoms with Gasteiger partial charge >= 0.3 is 0 Å². The van der Waals surface area contributed by atoms with Crippen LogP contribution < -0.4 is 10.2 Å². The van der Waals surface area contributed by atoms with E-state index in [-0.39, 0.29) is 5.91 Å². The molecule has 3 heterocycles. The van der Waals surface area contributed by atoms with Crippen molar-refractivity contribution in [2.24, 2.45) is 0 Å². The molecule has 8 nitrogen and oxygen atoms in total. The van der Waals surface area contributed by atoms with Crippen molar-refractivity contribution >= 4 is 28.7 Å². The Morgan fingerprint density at radius 3 is 2.82 bits per heavy atom. The van der Waals surface area contributed by atoms with Gasteiger partial charge in [-0.2, -0.15) is 4.68 Å². The second-order valence-corrected chi connectivity index (χ2v) is 5.56. The highest BCUT2D eigenvalue weighted by atomic mass is 32.1. The summed E-state index contributed by atoms with van der Waals surface area (Å²) in [6, 6.07) is 5.44. The van der Waals surface area contributed by atoms with Gasteiger partial charge in [-0.1, -0.05) is 0 Å². The summed E-state index contributed by atoms with van der Waals surface area (Å²) in [5.74, 6) is 0.247. The minimum atomic E-state index is -0.245. The summed E-state index contributed by atoms with van der Waals surface area (Å²) in [6.45, 7) is 0. The lowest BCUT2D eigenvalue weighted by molar-refractivity contribution is 0.103. The van der Waals surface area contributed by atoms with Crippen LogP contribution in [0.25, 0.3) is 5.69 Å². The van der Waals surface area contributed by atoms with E-state index in [0.29, 0.717) is 16.4 Å². The third-order valence-corrected chi connectivity index (χ3v) is 3.85. The first kappa shape index (κ1) is 14.1. The summed E-state index contributed by atoms with van der Waals surface area (Å²) >= 11 is 1.32. The van der Waals surface area contributed by atoms with Gasteiger partial charge < -0.3 is 10.2 Å². The Morgan fingerprint density at radius 1 is 1.32 bits per heavy atom. The van der Waals surface area contributed by atoms with Gasteiger partial charge in [0.1, 0.15) is 17.0 Å². The molecule has 0 saturated carbocycles. The van der Waals surface area contributed by atoms with Crippen LogP contribution in [-0.2, 0) is 0 Å². The molecule has 1 amide bonds. The first-order valence-electron chi connectivity index (χ1n) is 6.41. The quantitative estimate of drug-likeness (QED) is 0.783. The van der Waals surface area contributed by atoms with Crippen LogP contribution in [0.2, 0.25) is 0 Å². The molecule has 0 spiro atoms. The van der Waals surface area contributed by atoms with Crippen molar-refractivity contribution < 1.29 is 4.79 Å². The Hall–Kier alpha value is -2.81. The van der Waals surface area contributed by atoms with Crippen molar-refractivity contribution in [1.82, 2.24) is 25.2 Å². The van der Waals surface area contributed by atoms with E-state index in [2.05, 4.69) is 25.8 Å². The molecule has 3 aromatic rings. The SMILES string of the molecule is CN(C)c1ccc(NC(=O)c2sccc2-n2cnnn2)nc1. The summed E-state index contributed by atoms with van der Waals surface area (Å²) in [5.41, 5.74) is 1.60. The molecule has 3 rings (SSSR count). The fourth-order valence-electron chi connectivity index (χ4n) is 1.82. The van der Waals surface area contributed by atoms with Crippen LogP contribution in [-0.4, -0.2) is 45.2 Å². The lowest BCUT2D eigenvalue weighted by Gasteiger charge is -2.12. The molecule has 0 aliphatic rings. The molecule has 0 radical (unpaired) electrons. The number of pyridine rings is 1. The Bertz CT molecular complexity index is 764. The van der Waals surface area contributed by atoms with Crippen molar-refractivity contribution in [3.8, 4) is 5.69 Å².